The molecule has 6 aromatic carbocycles. The predicted octanol–water partition coefficient (Wildman–Crippen LogP) is 11.4. The van der Waals surface area contributed by atoms with Crippen molar-refractivity contribution >= 4 is 43.9 Å². The van der Waals surface area contributed by atoms with Gasteiger partial charge >= 0.3 is 0 Å². The Morgan fingerprint density at radius 3 is 1.76 bits per heavy atom. The fraction of sp³-hybridized carbons (Fsp3) is 0. The van der Waals surface area contributed by atoms with Gasteiger partial charge in [0, 0.05) is 56.2 Å². The van der Waals surface area contributed by atoms with Crippen molar-refractivity contribution in [1.82, 2.24) is 19.9 Å². The van der Waals surface area contributed by atoms with E-state index in [2.05, 4.69) is 77.8 Å². The van der Waals surface area contributed by atoms with Crippen LogP contribution in [0.3, 0.4) is 0 Å². The average molecular weight is 643 g/mol. The summed E-state index contributed by atoms with van der Waals surface area (Å²) < 4.78 is 12.9. The monoisotopic (exact) mass is 642 g/mol. The van der Waals surface area contributed by atoms with Crippen molar-refractivity contribution in [3.8, 4) is 56.4 Å². The smallest absolute Gasteiger partial charge is 0.164 e. The van der Waals surface area contributed by atoms with Gasteiger partial charge in [-0.15, -0.1) is 0 Å². The first-order chi connectivity index (χ1) is 24.8. The minimum atomic E-state index is 0.570. The number of hydrogen-bond donors (Lipinski definition) is 0. The number of rotatable bonds is 5. The second kappa shape index (κ2) is 11.4. The Kier molecular flexibility index (Phi) is 6.39. The van der Waals surface area contributed by atoms with Gasteiger partial charge in [0.1, 0.15) is 22.3 Å². The van der Waals surface area contributed by atoms with E-state index in [-0.39, 0.29) is 0 Å². The maximum Gasteiger partial charge on any atom is 0.164 e. The molecule has 234 valence electrons. The molecule has 0 spiro atoms. The maximum absolute atomic E-state index is 6.65. The number of benzene rings is 6. The van der Waals surface area contributed by atoms with Crippen LogP contribution in [0.2, 0.25) is 0 Å². The van der Waals surface area contributed by atoms with Crippen molar-refractivity contribution in [3.63, 3.8) is 0 Å². The fourth-order valence-electron chi connectivity index (χ4n) is 6.82. The minimum Gasteiger partial charge on any atom is -0.456 e. The van der Waals surface area contributed by atoms with Gasteiger partial charge in [-0.3, -0.25) is 4.98 Å². The van der Waals surface area contributed by atoms with E-state index in [0.29, 0.717) is 17.5 Å². The highest BCUT2D eigenvalue weighted by atomic mass is 16.3. The number of aromatic nitrogens is 4. The Hall–Kier alpha value is -6.92. The van der Waals surface area contributed by atoms with Crippen LogP contribution in [0.5, 0.6) is 0 Å². The molecule has 0 bridgehead atoms. The van der Waals surface area contributed by atoms with Crippen LogP contribution < -0.4 is 0 Å². The van der Waals surface area contributed by atoms with E-state index >= 15 is 0 Å². The molecule has 0 fully saturated rings. The molecule has 0 N–H and O–H groups in total. The number of hydrogen-bond acceptors (Lipinski definition) is 6. The third-order valence-corrected chi connectivity index (χ3v) is 9.26. The summed E-state index contributed by atoms with van der Waals surface area (Å²) in [5, 5.41) is 4.13. The van der Waals surface area contributed by atoms with E-state index in [4.69, 9.17) is 23.8 Å². The summed E-state index contributed by atoms with van der Waals surface area (Å²) in [5.74, 6) is 1.76. The highest BCUT2D eigenvalue weighted by Crippen LogP contribution is 2.42. The molecule has 6 heteroatoms. The van der Waals surface area contributed by atoms with Crippen LogP contribution >= 0.6 is 0 Å². The van der Waals surface area contributed by atoms with E-state index in [1.165, 1.54) is 0 Å². The van der Waals surface area contributed by atoms with Crippen LogP contribution in [0.25, 0.3) is 100 Å². The zero-order chi connectivity index (χ0) is 33.0. The Morgan fingerprint density at radius 2 is 0.980 bits per heavy atom. The van der Waals surface area contributed by atoms with Gasteiger partial charge in [-0.05, 0) is 59.2 Å². The lowest BCUT2D eigenvalue weighted by Crippen LogP contribution is -2.00. The van der Waals surface area contributed by atoms with E-state index < -0.39 is 0 Å². The summed E-state index contributed by atoms with van der Waals surface area (Å²) in [6.07, 6.45) is 3.64. The van der Waals surface area contributed by atoms with Gasteiger partial charge in [0.05, 0.1) is 0 Å². The average Bonchev–Trinajstić information content (AvgIpc) is 3.77. The number of para-hydroxylation sites is 2. The van der Waals surface area contributed by atoms with Gasteiger partial charge in [-0.1, -0.05) is 103 Å². The Balaban J connectivity index is 1.17. The molecule has 0 aliphatic rings. The summed E-state index contributed by atoms with van der Waals surface area (Å²) in [6.45, 7) is 0. The van der Waals surface area contributed by atoms with Crippen molar-refractivity contribution in [2.75, 3.05) is 0 Å². The lowest BCUT2D eigenvalue weighted by molar-refractivity contribution is 0.668. The van der Waals surface area contributed by atoms with Gasteiger partial charge in [-0.25, -0.2) is 15.0 Å². The zero-order valence-corrected chi connectivity index (χ0v) is 26.6. The number of furan rings is 2. The van der Waals surface area contributed by atoms with E-state index in [0.717, 1.165) is 82.8 Å². The third kappa shape index (κ3) is 4.65. The molecule has 0 aliphatic carbocycles. The first kappa shape index (κ1) is 28.1. The fourth-order valence-corrected chi connectivity index (χ4v) is 6.82. The largest absolute Gasteiger partial charge is 0.456 e. The Labute approximate surface area is 286 Å². The lowest BCUT2D eigenvalue weighted by Gasteiger charge is -2.11. The standard InChI is InChI=1S/C44H26N4O2/c1-2-9-28(10-3-1)42-46-43(29-18-16-27(17-19-29)31-11-8-24-45-26-31)48-44(47-42)36-23-22-32(41-40(36)35-13-5-7-15-38(35)50-41)30-20-21-34-33-12-4-6-14-37(33)49-39(34)25-30/h1-26H. The Morgan fingerprint density at radius 1 is 0.380 bits per heavy atom. The molecule has 0 saturated heterocycles. The molecule has 0 unspecified atom stereocenters. The lowest BCUT2D eigenvalue weighted by atomic mass is 9.97. The number of fused-ring (bicyclic) bond motifs is 6. The van der Waals surface area contributed by atoms with Crippen molar-refractivity contribution in [2.45, 2.75) is 0 Å². The first-order valence-corrected chi connectivity index (χ1v) is 16.5. The molecule has 10 rings (SSSR count). The zero-order valence-electron chi connectivity index (χ0n) is 26.6. The summed E-state index contributed by atoms with van der Waals surface area (Å²) >= 11 is 0. The quantitative estimate of drug-likeness (QED) is 0.186. The van der Waals surface area contributed by atoms with Crippen molar-refractivity contribution < 1.29 is 8.83 Å². The van der Waals surface area contributed by atoms with Gasteiger partial charge < -0.3 is 8.83 Å². The molecule has 0 saturated carbocycles. The molecule has 50 heavy (non-hydrogen) atoms. The molecule has 10 aromatic rings. The van der Waals surface area contributed by atoms with E-state index in [1.54, 1.807) is 6.20 Å². The van der Waals surface area contributed by atoms with Crippen LogP contribution in [0, 0.1) is 0 Å². The summed E-state index contributed by atoms with van der Waals surface area (Å²) in [5.41, 5.74) is 10.0. The second-order valence-electron chi connectivity index (χ2n) is 12.3. The molecule has 0 aliphatic heterocycles. The van der Waals surface area contributed by atoms with Crippen LogP contribution in [-0.2, 0) is 0 Å². The van der Waals surface area contributed by atoms with E-state index in [9.17, 15) is 0 Å². The minimum absolute atomic E-state index is 0.570. The molecule has 4 heterocycles. The van der Waals surface area contributed by atoms with Crippen molar-refractivity contribution in [3.05, 3.63) is 158 Å². The molecular formula is C44H26N4O2. The molecule has 0 amide bonds. The summed E-state index contributed by atoms with van der Waals surface area (Å²) in [6, 6.07) is 49.1. The molecule has 0 atom stereocenters. The molecule has 0 radical (unpaired) electrons. The van der Waals surface area contributed by atoms with Crippen LogP contribution in [0.4, 0.5) is 0 Å². The highest BCUT2D eigenvalue weighted by molar-refractivity contribution is 6.16. The first-order valence-electron chi connectivity index (χ1n) is 16.5. The predicted molar refractivity (Wildman–Crippen MR) is 199 cm³/mol. The van der Waals surface area contributed by atoms with Crippen LogP contribution in [0.15, 0.2) is 167 Å². The normalized spacial score (nSPS) is 11.6. The van der Waals surface area contributed by atoms with Crippen LogP contribution in [0.1, 0.15) is 0 Å². The molecule has 6 nitrogen and oxygen atoms in total. The highest BCUT2D eigenvalue weighted by Gasteiger charge is 2.21. The maximum atomic E-state index is 6.65. The second-order valence-corrected chi connectivity index (χ2v) is 12.3. The molecular weight excluding hydrogens is 617 g/mol. The summed E-state index contributed by atoms with van der Waals surface area (Å²) in [4.78, 5) is 19.4. The third-order valence-electron chi connectivity index (χ3n) is 9.26. The van der Waals surface area contributed by atoms with Gasteiger partial charge in [0.2, 0.25) is 0 Å². The number of nitrogens with zero attached hydrogens (tertiary/aromatic N) is 4. The molecule has 4 aromatic heterocycles. The Bertz CT molecular complexity index is 2860. The van der Waals surface area contributed by atoms with E-state index in [1.807, 2.05) is 79.0 Å². The SMILES string of the molecule is c1ccc(-c2nc(-c3ccc(-c4cccnc4)cc3)nc(-c3ccc(-c4ccc5c(c4)oc4ccccc45)c4oc5ccccc5c34)n2)cc1. The van der Waals surface area contributed by atoms with Gasteiger partial charge in [0.25, 0.3) is 0 Å². The van der Waals surface area contributed by atoms with Crippen molar-refractivity contribution in [2.24, 2.45) is 0 Å². The summed E-state index contributed by atoms with van der Waals surface area (Å²) in [7, 11) is 0. The number of pyridine rings is 1. The van der Waals surface area contributed by atoms with Crippen LogP contribution in [-0.4, -0.2) is 19.9 Å². The van der Waals surface area contributed by atoms with Gasteiger partial charge in [0.15, 0.2) is 17.5 Å². The van der Waals surface area contributed by atoms with Gasteiger partial charge in [-0.2, -0.15) is 0 Å². The van der Waals surface area contributed by atoms with Crippen molar-refractivity contribution in [1.29, 1.82) is 0 Å². The topological polar surface area (TPSA) is 77.8 Å².